The third-order valence-electron chi connectivity index (χ3n) is 2.49. The van der Waals surface area contributed by atoms with Crippen molar-refractivity contribution in [1.29, 1.82) is 0 Å². The van der Waals surface area contributed by atoms with E-state index < -0.39 is 20.4 Å². The van der Waals surface area contributed by atoms with Crippen molar-refractivity contribution < 1.29 is 28.6 Å². The minimum absolute atomic E-state index is 0.0676. The molecule has 0 aromatic heterocycles. The van der Waals surface area contributed by atoms with Crippen LogP contribution in [0, 0.1) is 0 Å². The highest BCUT2D eigenvalue weighted by molar-refractivity contribution is 6.69. The van der Waals surface area contributed by atoms with E-state index in [1.165, 1.54) is 0 Å². The van der Waals surface area contributed by atoms with Gasteiger partial charge in [-0.3, -0.25) is 0 Å². The Kier molecular flexibility index (Phi) is 10.5. The van der Waals surface area contributed by atoms with Gasteiger partial charge in [-0.25, -0.2) is 9.59 Å². The Balaban J connectivity index is 3.40. The first-order chi connectivity index (χ1) is 10.2. The van der Waals surface area contributed by atoms with Crippen LogP contribution >= 0.6 is 0 Å². The molecule has 7 nitrogen and oxygen atoms in total. The molecule has 0 aromatic rings. The van der Waals surface area contributed by atoms with Gasteiger partial charge >= 0.3 is 12.1 Å². The van der Waals surface area contributed by atoms with E-state index in [0.29, 0.717) is 18.8 Å². The number of carbonyl (C=O) groups excluding carboxylic acids is 2. The first-order valence-electron chi connectivity index (χ1n) is 7.26. The van der Waals surface area contributed by atoms with Crippen molar-refractivity contribution in [2.24, 2.45) is 0 Å². The SMILES string of the molecule is C=C(C)C(=O)OCCNC(=O)OCCOCCC[Si](C)(C)O. The zero-order chi connectivity index (χ0) is 17.0. The molecule has 128 valence electrons. The first-order valence-corrected chi connectivity index (χ1v) is 10.4. The van der Waals surface area contributed by atoms with E-state index in [1.807, 2.05) is 13.1 Å². The number of ether oxygens (including phenoxy) is 3. The Labute approximate surface area is 132 Å². The van der Waals surface area contributed by atoms with Crippen LogP contribution in [-0.4, -0.2) is 58.1 Å². The Morgan fingerprint density at radius 3 is 2.41 bits per heavy atom. The second-order valence-electron chi connectivity index (χ2n) is 5.51. The van der Waals surface area contributed by atoms with Gasteiger partial charge in [0.25, 0.3) is 0 Å². The lowest BCUT2D eigenvalue weighted by Gasteiger charge is -2.13. The summed E-state index contributed by atoms with van der Waals surface area (Å²) >= 11 is 0. The van der Waals surface area contributed by atoms with Crippen LogP contribution in [0.25, 0.3) is 0 Å². The van der Waals surface area contributed by atoms with Crippen LogP contribution in [0.5, 0.6) is 0 Å². The smallest absolute Gasteiger partial charge is 0.407 e. The third-order valence-corrected chi connectivity index (χ3v) is 4.07. The first kappa shape index (κ1) is 20.6. The maximum absolute atomic E-state index is 11.3. The predicted molar refractivity (Wildman–Crippen MR) is 85.1 cm³/mol. The molecule has 0 aromatic carbocycles. The summed E-state index contributed by atoms with van der Waals surface area (Å²) in [5, 5.41) is 2.45. The molecule has 0 radical (unpaired) electrons. The number of hydrogen-bond acceptors (Lipinski definition) is 6. The van der Waals surface area contributed by atoms with E-state index in [2.05, 4.69) is 11.9 Å². The molecule has 0 bridgehead atoms. The molecule has 0 rings (SSSR count). The Morgan fingerprint density at radius 2 is 1.82 bits per heavy atom. The van der Waals surface area contributed by atoms with Gasteiger partial charge in [0.1, 0.15) is 13.2 Å². The monoisotopic (exact) mass is 333 g/mol. The number of esters is 1. The average Bonchev–Trinajstić information content (AvgIpc) is 2.40. The fraction of sp³-hybridized carbons (Fsp3) is 0.714. The summed E-state index contributed by atoms with van der Waals surface area (Å²) in [5.41, 5.74) is 0.312. The lowest BCUT2D eigenvalue weighted by atomic mass is 10.4. The zero-order valence-corrected chi connectivity index (χ0v) is 14.6. The van der Waals surface area contributed by atoms with Crippen molar-refractivity contribution >= 4 is 20.4 Å². The van der Waals surface area contributed by atoms with E-state index in [4.69, 9.17) is 14.2 Å². The molecule has 0 saturated carbocycles. The normalized spacial score (nSPS) is 10.9. The van der Waals surface area contributed by atoms with Crippen LogP contribution in [-0.2, 0) is 19.0 Å². The summed E-state index contributed by atoms with van der Waals surface area (Å²) in [6.07, 6.45) is 0.217. The van der Waals surface area contributed by atoms with Crippen LogP contribution in [0.1, 0.15) is 13.3 Å². The van der Waals surface area contributed by atoms with Crippen LogP contribution < -0.4 is 5.32 Å². The number of nitrogens with one attached hydrogen (secondary N) is 1. The van der Waals surface area contributed by atoms with Crippen molar-refractivity contribution in [1.82, 2.24) is 5.32 Å². The Hall–Kier alpha value is -1.38. The maximum Gasteiger partial charge on any atom is 0.407 e. The highest BCUT2D eigenvalue weighted by Crippen LogP contribution is 2.07. The van der Waals surface area contributed by atoms with Crippen molar-refractivity contribution in [3.8, 4) is 0 Å². The summed E-state index contributed by atoms with van der Waals surface area (Å²) in [6, 6.07) is 0.789. The fourth-order valence-corrected chi connectivity index (χ4v) is 2.38. The summed E-state index contributed by atoms with van der Waals surface area (Å²) in [7, 11) is -1.99. The van der Waals surface area contributed by atoms with Gasteiger partial charge in [0.15, 0.2) is 8.32 Å². The number of hydrogen-bond donors (Lipinski definition) is 2. The summed E-state index contributed by atoms with van der Waals surface area (Å²) in [5.74, 6) is -0.488. The minimum Gasteiger partial charge on any atom is -0.460 e. The van der Waals surface area contributed by atoms with Crippen molar-refractivity contribution in [3.63, 3.8) is 0 Å². The van der Waals surface area contributed by atoms with Crippen molar-refractivity contribution in [2.75, 3.05) is 33.0 Å². The molecule has 0 spiro atoms. The highest BCUT2D eigenvalue weighted by Gasteiger charge is 2.15. The van der Waals surface area contributed by atoms with Crippen molar-refractivity contribution in [3.05, 3.63) is 12.2 Å². The summed E-state index contributed by atoms with van der Waals surface area (Å²) < 4.78 is 15.0. The predicted octanol–water partition coefficient (Wildman–Crippen LogP) is 1.44. The molecule has 2 N–H and O–H groups in total. The Bertz CT molecular complexity index is 367. The molecule has 0 heterocycles. The molecule has 22 heavy (non-hydrogen) atoms. The standard InChI is InChI=1S/C14H27NO6Si/c1-12(2)13(16)20-8-6-15-14(17)21-10-9-19-7-5-11-22(3,4)18/h18H,1,5-11H2,2-4H3,(H,15,17). The fourth-order valence-electron chi connectivity index (χ4n) is 1.37. The van der Waals surface area contributed by atoms with Gasteiger partial charge in [-0.05, 0) is 32.5 Å². The maximum atomic E-state index is 11.3. The van der Waals surface area contributed by atoms with Gasteiger partial charge in [0.05, 0.1) is 13.2 Å². The van der Waals surface area contributed by atoms with E-state index in [-0.39, 0.29) is 19.8 Å². The topological polar surface area (TPSA) is 94.1 Å². The molecule has 0 aliphatic heterocycles. The number of alkyl carbamates (subject to hydrolysis) is 1. The molecule has 0 aliphatic rings. The molecular weight excluding hydrogens is 306 g/mol. The second-order valence-corrected chi connectivity index (χ2v) is 9.63. The van der Waals surface area contributed by atoms with Gasteiger partial charge in [-0.1, -0.05) is 6.58 Å². The van der Waals surface area contributed by atoms with Crippen LogP contribution in [0.3, 0.4) is 0 Å². The van der Waals surface area contributed by atoms with E-state index in [9.17, 15) is 14.4 Å². The Morgan fingerprint density at radius 1 is 1.14 bits per heavy atom. The lowest BCUT2D eigenvalue weighted by molar-refractivity contribution is -0.138. The molecule has 0 saturated heterocycles. The second kappa shape index (κ2) is 11.2. The van der Waals surface area contributed by atoms with E-state index >= 15 is 0 Å². The molecule has 0 fully saturated rings. The molecule has 0 aliphatic carbocycles. The van der Waals surface area contributed by atoms with E-state index in [0.717, 1.165) is 12.5 Å². The number of carbonyl (C=O) groups is 2. The molecule has 0 unspecified atom stereocenters. The van der Waals surface area contributed by atoms with Crippen LogP contribution in [0.4, 0.5) is 4.79 Å². The van der Waals surface area contributed by atoms with Crippen molar-refractivity contribution in [2.45, 2.75) is 32.5 Å². The third kappa shape index (κ3) is 13.6. The van der Waals surface area contributed by atoms with Gasteiger partial charge in [0.2, 0.25) is 0 Å². The number of rotatable bonds is 11. The minimum atomic E-state index is -1.99. The van der Waals surface area contributed by atoms with Gasteiger partial charge < -0.3 is 24.3 Å². The average molecular weight is 333 g/mol. The van der Waals surface area contributed by atoms with Crippen LogP contribution in [0.15, 0.2) is 12.2 Å². The highest BCUT2D eigenvalue weighted by atomic mass is 28.4. The van der Waals surface area contributed by atoms with Gasteiger partial charge in [-0.15, -0.1) is 0 Å². The lowest BCUT2D eigenvalue weighted by Crippen LogP contribution is -2.29. The summed E-state index contributed by atoms with van der Waals surface area (Å²) in [4.78, 5) is 31.9. The van der Waals surface area contributed by atoms with Crippen LogP contribution in [0.2, 0.25) is 19.1 Å². The molecule has 0 atom stereocenters. The number of amides is 1. The quantitative estimate of drug-likeness (QED) is 0.257. The largest absolute Gasteiger partial charge is 0.460 e. The molecule has 8 heteroatoms. The molecular formula is C14H27NO6Si. The zero-order valence-electron chi connectivity index (χ0n) is 13.6. The van der Waals surface area contributed by atoms with E-state index in [1.54, 1.807) is 6.92 Å². The van der Waals surface area contributed by atoms with Gasteiger partial charge in [-0.2, -0.15) is 0 Å². The summed E-state index contributed by atoms with van der Waals surface area (Å²) in [6.45, 7) is 10.0. The van der Waals surface area contributed by atoms with Gasteiger partial charge in [0, 0.05) is 12.2 Å². The molecule has 1 amide bonds.